The van der Waals surface area contributed by atoms with Gasteiger partial charge in [0.15, 0.2) is 5.58 Å². The molecule has 1 aliphatic heterocycles. The summed E-state index contributed by atoms with van der Waals surface area (Å²) < 4.78 is 20.3. The monoisotopic (exact) mass is 469 g/mol. The first-order valence-corrected chi connectivity index (χ1v) is 10.5. The van der Waals surface area contributed by atoms with E-state index in [0.29, 0.717) is 12.1 Å². The van der Waals surface area contributed by atoms with Crippen LogP contribution in [-0.2, 0) is 13.0 Å². The fourth-order valence-corrected chi connectivity index (χ4v) is 4.03. The summed E-state index contributed by atoms with van der Waals surface area (Å²) in [5.74, 6) is -0.455. The topological polar surface area (TPSA) is 41.6 Å². The summed E-state index contributed by atoms with van der Waals surface area (Å²) in [6.45, 7) is 7.73. The second-order valence-corrected chi connectivity index (χ2v) is 7.69. The number of aromatic nitrogens is 1. The lowest BCUT2D eigenvalue weighted by atomic mass is 10.1. The van der Waals surface area contributed by atoms with Crippen LogP contribution in [-0.4, -0.2) is 42.2 Å². The van der Waals surface area contributed by atoms with Gasteiger partial charge in [0, 0.05) is 38.4 Å². The Kier molecular flexibility index (Phi) is 9.41. The number of hydrogen-bond acceptors (Lipinski definition) is 4. The molecule has 0 spiro atoms. The summed E-state index contributed by atoms with van der Waals surface area (Å²) in [6.07, 6.45) is 2.92. The van der Waals surface area contributed by atoms with Gasteiger partial charge in [-0.2, -0.15) is 0 Å². The molecule has 0 bridgehead atoms. The number of benzene rings is 2. The first-order valence-electron chi connectivity index (χ1n) is 10.5. The minimum absolute atomic E-state index is 0. The van der Waals surface area contributed by atoms with Gasteiger partial charge in [-0.3, -0.25) is 9.47 Å². The maximum absolute atomic E-state index is 13.1. The van der Waals surface area contributed by atoms with E-state index >= 15 is 0 Å². The lowest BCUT2D eigenvalue weighted by Gasteiger charge is -2.36. The summed E-state index contributed by atoms with van der Waals surface area (Å²) in [7, 11) is 0. The quantitative estimate of drug-likeness (QED) is 0.468. The van der Waals surface area contributed by atoms with Gasteiger partial charge in [0.25, 0.3) is 0 Å². The summed E-state index contributed by atoms with van der Waals surface area (Å²) in [6, 6.07) is 12.8. The van der Waals surface area contributed by atoms with Crippen molar-refractivity contribution in [3.05, 3.63) is 64.4 Å². The first-order chi connectivity index (χ1) is 14.1. The molecule has 0 radical (unpaired) electrons. The Morgan fingerprint density at radius 1 is 0.935 bits per heavy atom. The van der Waals surface area contributed by atoms with Crippen LogP contribution in [0.1, 0.15) is 25.3 Å². The minimum atomic E-state index is -0.263. The van der Waals surface area contributed by atoms with Gasteiger partial charge >= 0.3 is 5.76 Å². The molecule has 3 aromatic rings. The van der Waals surface area contributed by atoms with E-state index in [1.165, 1.54) is 17.7 Å². The average Bonchev–Trinajstić information content (AvgIpc) is 3.06. The lowest BCUT2D eigenvalue weighted by molar-refractivity contribution is 0.251. The molecule has 0 amide bonds. The van der Waals surface area contributed by atoms with Gasteiger partial charge in [-0.05, 0) is 67.8 Å². The van der Waals surface area contributed by atoms with E-state index in [9.17, 15) is 9.18 Å². The van der Waals surface area contributed by atoms with Gasteiger partial charge in [0.05, 0.1) is 5.52 Å². The molecule has 31 heavy (non-hydrogen) atoms. The largest absolute Gasteiger partial charge is 0.419 e. The average molecular weight is 470 g/mol. The second-order valence-electron chi connectivity index (χ2n) is 7.69. The van der Waals surface area contributed by atoms with Crippen LogP contribution in [0.25, 0.3) is 11.1 Å². The van der Waals surface area contributed by atoms with Crippen LogP contribution >= 0.6 is 24.8 Å². The van der Waals surface area contributed by atoms with Gasteiger partial charge in [-0.1, -0.05) is 13.0 Å². The van der Waals surface area contributed by atoms with Crippen molar-refractivity contribution in [1.29, 1.82) is 0 Å². The summed E-state index contributed by atoms with van der Waals surface area (Å²) in [4.78, 5) is 16.9. The van der Waals surface area contributed by atoms with Crippen LogP contribution in [0.15, 0.2) is 51.7 Å². The smallest absolute Gasteiger partial charge is 0.408 e. The Bertz CT molecular complexity index is 1010. The number of rotatable bonds is 7. The molecule has 5 nitrogen and oxygen atoms in total. The third kappa shape index (κ3) is 6.03. The number of nitrogens with zero attached hydrogens (tertiary/aromatic N) is 3. The van der Waals surface area contributed by atoms with Crippen molar-refractivity contribution in [2.45, 2.75) is 32.7 Å². The van der Waals surface area contributed by atoms with E-state index in [1.54, 1.807) is 4.57 Å². The molecule has 8 heteroatoms. The minimum Gasteiger partial charge on any atom is -0.408 e. The summed E-state index contributed by atoms with van der Waals surface area (Å²) in [5, 5.41) is 0. The third-order valence-electron chi connectivity index (χ3n) is 5.81. The molecular formula is C23H30Cl2FN3O2. The van der Waals surface area contributed by atoms with Crippen molar-refractivity contribution < 1.29 is 8.81 Å². The highest BCUT2D eigenvalue weighted by atomic mass is 35.5. The van der Waals surface area contributed by atoms with Gasteiger partial charge in [-0.15, -0.1) is 24.8 Å². The van der Waals surface area contributed by atoms with E-state index in [2.05, 4.69) is 22.8 Å². The predicted octanol–water partition coefficient (Wildman–Crippen LogP) is 4.74. The van der Waals surface area contributed by atoms with Crippen molar-refractivity contribution in [2.24, 2.45) is 0 Å². The zero-order valence-electron chi connectivity index (χ0n) is 17.8. The Balaban J connectivity index is 0.00000171. The number of anilines is 1. The molecular weight excluding hydrogens is 440 g/mol. The Morgan fingerprint density at radius 3 is 2.29 bits per heavy atom. The Morgan fingerprint density at radius 2 is 1.61 bits per heavy atom. The van der Waals surface area contributed by atoms with Gasteiger partial charge in [-0.25, -0.2) is 9.18 Å². The van der Waals surface area contributed by atoms with Gasteiger partial charge in [0.2, 0.25) is 0 Å². The van der Waals surface area contributed by atoms with Gasteiger partial charge < -0.3 is 9.32 Å². The first kappa shape index (κ1) is 25.2. The molecule has 1 aromatic heterocycles. The third-order valence-corrected chi connectivity index (χ3v) is 5.81. The number of hydrogen-bond donors (Lipinski definition) is 0. The van der Waals surface area contributed by atoms with Crippen LogP contribution in [0.5, 0.6) is 0 Å². The standard InChI is InChI=1S/C23H28FN3O2.2ClH/c1-2-18-5-10-21-22(17-18)29-23(28)27(21)12-4-3-11-25-13-15-26(16-14-25)20-8-6-19(24)7-9-20;;/h5-10,17H,2-4,11-16H2,1H3;2*1H. The molecule has 0 atom stereocenters. The maximum Gasteiger partial charge on any atom is 0.419 e. The Hall–Kier alpha value is -2.02. The van der Waals surface area contributed by atoms with Crippen molar-refractivity contribution in [2.75, 3.05) is 37.6 Å². The molecule has 0 aliphatic carbocycles. The summed E-state index contributed by atoms with van der Waals surface area (Å²) >= 11 is 0. The molecule has 1 fully saturated rings. The highest BCUT2D eigenvalue weighted by Gasteiger charge is 2.17. The SMILES string of the molecule is CCc1ccc2c(c1)oc(=O)n2CCCCN1CCN(c2ccc(F)cc2)CC1.Cl.Cl. The number of oxazole rings is 1. The number of fused-ring (bicyclic) bond motifs is 1. The normalized spacial score (nSPS) is 14.3. The molecule has 170 valence electrons. The zero-order chi connectivity index (χ0) is 20.2. The van der Waals surface area contributed by atoms with Crippen LogP contribution in [0, 0.1) is 5.82 Å². The van der Waals surface area contributed by atoms with Crippen molar-refractivity contribution >= 4 is 41.6 Å². The molecule has 2 aromatic carbocycles. The van der Waals surface area contributed by atoms with Crippen LogP contribution < -0.4 is 10.7 Å². The van der Waals surface area contributed by atoms with Gasteiger partial charge in [0.1, 0.15) is 5.82 Å². The number of aryl methyl sites for hydroxylation is 2. The summed E-state index contributed by atoms with van der Waals surface area (Å²) in [5.41, 5.74) is 3.84. The number of unbranched alkanes of at least 4 members (excludes halogenated alkanes) is 1. The van der Waals surface area contributed by atoms with E-state index in [-0.39, 0.29) is 36.4 Å². The Labute approximate surface area is 194 Å². The lowest BCUT2D eigenvalue weighted by Crippen LogP contribution is -2.46. The van der Waals surface area contributed by atoms with Crippen molar-refractivity contribution in [3.63, 3.8) is 0 Å². The fraction of sp³-hybridized carbons (Fsp3) is 0.435. The molecule has 4 rings (SSSR count). The number of piperazine rings is 1. The van der Waals surface area contributed by atoms with E-state index in [0.717, 1.165) is 63.2 Å². The zero-order valence-corrected chi connectivity index (χ0v) is 19.4. The van der Waals surface area contributed by atoms with Crippen LogP contribution in [0.4, 0.5) is 10.1 Å². The van der Waals surface area contributed by atoms with E-state index < -0.39 is 0 Å². The molecule has 1 aliphatic rings. The molecule has 1 saturated heterocycles. The van der Waals surface area contributed by atoms with E-state index in [1.807, 2.05) is 24.3 Å². The second kappa shape index (κ2) is 11.6. The maximum atomic E-state index is 13.1. The molecule has 0 unspecified atom stereocenters. The van der Waals surface area contributed by atoms with E-state index in [4.69, 9.17) is 4.42 Å². The van der Waals surface area contributed by atoms with Crippen molar-refractivity contribution in [1.82, 2.24) is 9.47 Å². The van der Waals surface area contributed by atoms with Crippen LogP contribution in [0.2, 0.25) is 0 Å². The fourth-order valence-electron chi connectivity index (χ4n) is 4.03. The molecule has 2 heterocycles. The highest BCUT2D eigenvalue weighted by molar-refractivity contribution is 5.85. The highest BCUT2D eigenvalue weighted by Crippen LogP contribution is 2.18. The number of halogens is 3. The predicted molar refractivity (Wildman–Crippen MR) is 129 cm³/mol. The molecule has 0 N–H and O–H groups in total. The van der Waals surface area contributed by atoms with Crippen molar-refractivity contribution in [3.8, 4) is 0 Å². The molecule has 0 saturated carbocycles. The van der Waals surface area contributed by atoms with Crippen LogP contribution in [0.3, 0.4) is 0 Å².